The van der Waals surface area contributed by atoms with Crippen LogP contribution >= 0.6 is 0 Å². The summed E-state index contributed by atoms with van der Waals surface area (Å²) in [4.78, 5) is 24.0. The highest BCUT2D eigenvalue weighted by Crippen LogP contribution is 1.94. The molecule has 0 bridgehead atoms. The van der Waals surface area contributed by atoms with Crippen molar-refractivity contribution in [3.8, 4) is 0 Å². The van der Waals surface area contributed by atoms with Crippen molar-refractivity contribution < 1.29 is 19.8 Å². The van der Waals surface area contributed by atoms with Crippen molar-refractivity contribution in [1.29, 1.82) is 0 Å². The van der Waals surface area contributed by atoms with E-state index in [9.17, 15) is 9.59 Å². The van der Waals surface area contributed by atoms with Crippen LogP contribution in [0.15, 0.2) is 0 Å². The van der Waals surface area contributed by atoms with Crippen LogP contribution in [0.4, 0.5) is 4.79 Å². The van der Waals surface area contributed by atoms with Gasteiger partial charge in [-0.25, -0.2) is 9.59 Å². The van der Waals surface area contributed by atoms with Crippen molar-refractivity contribution in [2.75, 3.05) is 26.7 Å². The molecule has 7 heteroatoms. The Hall–Kier alpha value is -1.34. The van der Waals surface area contributed by atoms with E-state index in [0.29, 0.717) is 12.6 Å². The highest BCUT2D eigenvalue weighted by Gasteiger charge is 2.18. The van der Waals surface area contributed by atoms with E-state index in [1.807, 2.05) is 7.05 Å². The summed E-state index contributed by atoms with van der Waals surface area (Å²) >= 11 is 0. The second-order valence-electron chi connectivity index (χ2n) is 4.40. The van der Waals surface area contributed by atoms with Gasteiger partial charge in [-0.3, -0.25) is 0 Å². The van der Waals surface area contributed by atoms with Gasteiger partial charge in [0.15, 0.2) is 6.04 Å². The molecular formula is C11H23N3O4. The molecule has 0 spiro atoms. The molecule has 1 unspecified atom stereocenters. The molecule has 0 aliphatic rings. The molecule has 4 N–H and O–H groups in total. The first-order valence-corrected chi connectivity index (χ1v) is 5.96. The number of hydrogen-bond acceptors (Lipinski definition) is 4. The average Bonchev–Trinajstić information content (AvgIpc) is 2.30. The number of urea groups is 1. The first-order valence-electron chi connectivity index (χ1n) is 5.96. The summed E-state index contributed by atoms with van der Waals surface area (Å²) in [5.41, 5.74) is 0. The number of carboxylic acid groups (broad SMARTS) is 1. The van der Waals surface area contributed by atoms with Crippen molar-refractivity contribution in [2.24, 2.45) is 0 Å². The zero-order valence-electron chi connectivity index (χ0n) is 11.1. The normalized spacial score (nSPS) is 12.6. The molecule has 0 rings (SSSR count). The van der Waals surface area contributed by atoms with Crippen LogP contribution in [-0.4, -0.2) is 65.9 Å². The Labute approximate surface area is 107 Å². The highest BCUT2D eigenvalue weighted by atomic mass is 16.4. The summed E-state index contributed by atoms with van der Waals surface area (Å²) in [6.07, 6.45) is 0.777. The van der Waals surface area contributed by atoms with Crippen LogP contribution in [-0.2, 0) is 4.79 Å². The molecule has 0 saturated carbocycles. The molecule has 0 aromatic carbocycles. The van der Waals surface area contributed by atoms with Gasteiger partial charge < -0.3 is 25.7 Å². The fraction of sp³-hybridized carbons (Fsp3) is 0.818. The van der Waals surface area contributed by atoms with Gasteiger partial charge in [0.1, 0.15) is 0 Å². The van der Waals surface area contributed by atoms with Crippen LogP contribution in [0, 0.1) is 0 Å². The molecule has 2 amide bonds. The smallest absolute Gasteiger partial charge is 0.328 e. The van der Waals surface area contributed by atoms with Crippen molar-refractivity contribution in [3.05, 3.63) is 0 Å². The summed E-state index contributed by atoms with van der Waals surface area (Å²) in [6.45, 7) is 4.84. The highest BCUT2D eigenvalue weighted by molar-refractivity contribution is 5.82. The van der Waals surface area contributed by atoms with Crippen molar-refractivity contribution in [1.82, 2.24) is 15.5 Å². The molecule has 18 heavy (non-hydrogen) atoms. The van der Waals surface area contributed by atoms with Crippen molar-refractivity contribution in [3.63, 3.8) is 0 Å². The number of hydrogen-bond donors (Lipinski definition) is 4. The van der Waals surface area contributed by atoms with E-state index >= 15 is 0 Å². The lowest BCUT2D eigenvalue weighted by Gasteiger charge is -2.20. The summed E-state index contributed by atoms with van der Waals surface area (Å²) < 4.78 is 0. The number of carbonyl (C=O) groups is 2. The van der Waals surface area contributed by atoms with Gasteiger partial charge in [0.2, 0.25) is 0 Å². The average molecular weight is 261 g/mol. The van der Waals surface area contributed by atoms with E-state index in [2.05, 4.69) is 29.4 Å². The predicted molar refractivity (Wildman–Crippen MR) is 67.4 cm³/mol. The van der Waals surface area contributed by atoms with Crippen LogP contribution in [0.5, 0.6) is 0 Å². The number of nitrogens with one attached hydrogen (secondary N) is 2. The third-order valence-corrected chi connectivity index (χ3v) is 2.64. The third-order valence-electron chi connectivity index (χ3n) is 2.64. The van der Waals surface area contributed by atoms with Gasteiger partial charge in [0.25, 0.3) is 0 Å². The van der Waals surface area contributed by atoms with Crippen molar-refractivity contribution in [2.45, 2.75) is 32.4 Å². The van der Waals surface area contributed by atoms with Crippen LogP contribution in [0.2, 0.25) is 0 Å². The van der Waals surface area contributed by atoms with E-state index in [-0.39, 0.29) is 0 Å². The largest absolute Gasteiger partial charge is 0.480 e. The molecule has 1 atom stereocenters. The Morgan fingerprint density at radius 2 is 1.94 bits per heavy atom. The molecule has 0 heterocycles. The molecule has 0 aliphatic carbocycles. The number of carbonyl (C=O) groups excluding carboxylic acids is 1. The van der Waals surface area contributed by atoms with Crippen LogP contribution < -0.4 is 10.6 Å². The lowest BCUT2D eigenvalue weighted by molar-refractivity contribution is -0.140. The molecule has 0 aliphatic heterocycles. The Balaban J connectivity index is 3.74. The van der Waals surface area contributed by atoms with Gasteiger partial charge in [0, 0.05) is 12.6 Å². The Kier molecular flexibility index (Phi) is 8.06. The van der Waals surface area contributed by atoms with E-state index in [1.165, 1.54) is 0 Å². The third kappa shape index (κ3) is 7.08. The summed E-state index contributed by atoms with van der Waals surface area (Å²) in [6, 6.07) is -1.39. The molecular weight excluding hydrogens is 238 g/mol. The molecule has 0 saturated heterocycles. The zero-order valence-corrected chi connectivity index (χ0v) is 11.1. The minimum Gasteiger partial charge on any atom is -0.480 e. The van der Waals surface area contributed by atoms with Crippen LogP contribution in [0.1, 0.15) is 20.3 Å². The molecule has 0 aromatic heterocycles. The molecule has 0 fully saturated rings. The molecule has 7 nitrogen and oxygen atoms in total. The number of rotatable bonds is 8. The lowest BCUT2D eigenvalue weighted by Crippen LogP contribution is -2.48. The first-order chi connectivity index (χ1) is 8.38. The zero-order chi connectivity index (χ0) is 14.1. The fourth-order valence-corrected chi connectivity index (χ4v) is 1.18. The van der Waals surface area contributed by atoms with Gasteiger partial charge in [-0.05, 0) is 33.9 Å². The van der Waals surface area contributed by atoms with E-state index in [4.69, 9.17) is 10.2 Å². The monoisotopic (exact) mass is 261 g/mol. The van der Waals surface area contributed by atoms with E-state index in [0.717, 1.165) is 13.0 Å². The number of nitrogens with zero attached hydrogens (tertiary/aromatic N) is 1. The fourth-order valence-electron chi connectivity index (χ4n) is 1.18. The number of aliphatic hydroxyl groups excluding tert-OH is 1. The lowest BCUT2D eigenvalue weighted by atomic mass is 10.3. The van der Waals surface area contributed by atoms with Crippen LogP contribution in [0.3, 0.4) is 0 Å². The summed E-state index contributed by atoms with van der Waals surface area (Å²) in [5, 5.41) is 22.0. The predicted octanol–water partition coefficient (Wildman–Crippen LogP) is -0.539. The first kappa shape index (κ1) is 16.7. The van der Waals surface area contributed by atoms with Gasteiger partial charge in [-0.1, -0.05) is 0 Å². The molecule has 106 valence electrons. The quantitative estimate of drug-likeness (QED) is 0.440. The van der Waals surface area contributed by atoms with Gasteiger partial charge in [-0.15, -0.1) is 0 Å². The molecule has 0 radical (unpaired) electrons. The number of aliphatic carboxylic acids is 1. The van der Waals surface area contributed by atoms with Crippen LogP contribution in [0.25, 0.3) is 0 Å². The second kappa shape index (κ2) is 8.71. The minimum absolute atomic E-state index is 0.449. The van der Waals surface area contributed by atoms with Crippen molar-refractivity contribution >= 4 is 12.0 Å². The Bertz CT molecular complexity index is 271. The number of aliphatic hydroxyl groups is 1. The standard InChI is InChI=1S/C11H23N3O4/c1-8(2)14(3)6-4-5-12-11(18)13-9(7-15)10(16)17/h8-9,15H,4-7H2,1-3H3,(H,16,17)(H2,12,13,18). The van der Waals surface area contributed by atoms with Gasteiger partial charge >= 0.3 is 12.0 Å². The Morgan fingerprint density at radius 1 is 1.33 bits per heavy atom. The minimum atomic E-state index is -1.26. The number of carboxylic acids is 1. The summed E-state index contributed by atoms with van der Waals surface area (Å²) in [5.74, 6) is -1.26. The Morgan fingerprint density at radius 3 is 2.39 bits per heavy atom. The topological polar surface area (TPSA) is 102 Å². The maximum Gasteiger partial charge on any atom is 0.328 e. The van der Waals surface area contributed by atoms with Gasteiger partial charge in [0.05, 0.1) is 6.61 Å². The second-order valence-corrected chi connectivity index (χ2v) is 4.40. The SMILES string of the molecule is CC(C)N(C)CCCNC(=O)NC(CO)C(=O)O. The maximum atomic E-state index is 11.3. The summed E-state index contributed by atoms with van der Waals surface area (Å²) in [7, 11) is 2.00. The van der Waals surface area contributed by atoms with E-state index in [1.54, 1.807) is 0 Å². The van der Waals surface area contributed by atoms with Gasteiger partial charge in [-0.2, -0.15) is 0 Å². The molecule has 0 aromatic rings. The maximum absolute atomic E-state index is 11.3. The number of amides is 2. The van der Waals surface area contributed by atoms with E-state index < -0.39 is 24.6 Å².